The zero-order chi connectivity index (χ0) is 32.4. The molecule has 1 atom stereocenters. The molecule has 0 spiro atoms. The van der Waals surface area contributed by atoms with E-state index in [9.17, 15) is 18.0 Å². The van der Waals surface area contributed by atoms with Crippen LogP contribution in [-0.2, 0) is 37.4 Å². The number of pyridine rings is 1. The Morgan fingerprint density at radius 1 is 0.891 bits per heavy atom. The zero-order valence-corrected chi connectivity index (χ0v) is 26.3. The van der Waals surface area contributed by atoms with Gasteiger partial charge in [0.05, 0.1) is 25.2 Å². The van der Waals surface area contributed by atoms with E-state index in [1.807, 2.05) is 42.5 Å². The summed E-state index contributed by atoms with van der Waals surface area (Å²) >= 11 is 0. The number of ether oxygens (including phenoxy) is 3. The highest BCUT2D eigenvalue weighted by molar-refractivity contribution is 7.89. The summed E-state index contributed by atoms with van der Waals surface area (Å²) in [5, 5.41) is 2.97. The number of aromatic nitrogens is 1. The van der Waals surface area contributed by atoms with E-state index >= 15 is 0 Å². The van der Waals surface area contributed by atoms with E-state index < -0.39 is 22.0 Å². The molecule has 4 aromatic rings. The first-order valence-electron chi connectivity index (χ1n) is 14.8. The Kier molecular flexibility index (Phi) is 11.0. The minimum atomic E-state index is -3.67. The van der Waals surface area contributed by atoms with E-state index in [0.717, 1.165) is 11.1 Å². The van der Waals surface area contributed by atoms with Crippen LogP contribution in [0.5, 0.6) is 11.5 Å². The number of hydrogen-bond donors (Lipinski definition) is 1. The molecule has 3 aromatic carbocycles. The molecule has 11 nitrogen and oxygen atoms in total. The molecule has 1 saturated heterocycles. The van der Waals surface area contributed by atoms with Crippen molar-refractivity contribution in [2.45, 2.75) is 24.0 Å². The highest BCUT2D eigenvalue weighted by Gasteiger charge is 2.32. The monoisotopic (exact) mass is 644 g/mol. The number of carbonyl (C=O) groups is 2. The predicted molar refractivity (Wildman–Crippen MR) is 170 cm³/mol. The summed E-state index contributed by atoms with van der Waals surface area (Å²) in [6, 6.07) is 25.0. The molecule has 5 rings (SSSR count). The van der Waals surface area contributed by atoms with Crippen molar-refractivity contribution >= 4 is 21.8 Å². The standard InChI is InChI=1S/C34H36N4O7S/c1-43-29-9-7-27(8-10-29)24-38(33(28-5-3-2-4-6-28)34(40)36-23-26-15-17-35-18-16-26)32(39)25-45-30-11-13-31(14-12-30)46(41,42)37-19-21-44-22-20-37/h2-18,33H,19-25H2,1H3,(H,36,40)/t33-/m0/s1. The number of carbonyl (C=O) groups excluding carboxylic acids is 2. The van der Waals surface area contributed by atoms with E-state index in [1.165, 1.54) is 33.5 Å². The van der Waals surface area contributed by atoms with Gasteiger partial charge in [0.15, 0.2) is 6.61 Å². The molecule has 2 heterocycles. The van der Waals surface area contributed by atoms with Crippen molar-refractivity contribution in [3.05, 3.63) is 120 Å². The quantitative estimate of drug-likeness (QED) is 0.234. The Bertz CT molecular complexity index is 1680. The van der Waals surface area contributed by atoms with Crippen molar-refractivity contribution in [1.82, 2.24) is 19.5 Å². The summed E-state index contributed by atoms with van der Waals surface area (Å²) in [6.45, 7) is 1.27. The Labute approximate surface area is 268 Å². The Morgan fingerprint density at radius 2 is 1.54 bits per heavy atom. The predicted octanol–water partition coefficient (Wildman–Crippen LogP) is 3.58. The van der Waals surface area contributed by atoms with Gasteiger partial charge in [0.1, 0.15) is 17.5 Å². The summed E-state index contributed by atoms with van der Waals surface area (Å²) in [7, 11) is -2.10. The van der Waals surface area contributed by atoms with Gasteiger partial charge in [0.25, 0.3) is 5.91 Å². The van der Waals surface area contributed by atoms with E-state index in [-0.39, 0.29) is 43.6 Å². The molecular formula is C34H36N4O7S. The van der Waals surface area contributed by atoms with Gasteiger partial charge in [0, 0.05) is 38.6 Å². The summed E-state index contributed by atoms with van der Waals surface area (Å²) in [5.41, 5.74) is 2.29. The van der Waals surface area contributed by atoms with Crippen LogP contribution in [-0.4, -0.2) is 74.4 Å². The van der Waals surface area contributed by atoms with Crippen LogP contribution in [0.1, 0.15) is 22.7 Å². The van der Waals surface area contributed by atoms with Crippen LogP contribution in [0.2, 0.25) is 0 Å². The van der Waals surface area contributed by atoms with Crippen molar-refractivity contribution in [3.63, 3.8) is 0 Å². The Morgan fingerprint density at radius 3 is 2.20 bits per heavy atom. The van der Waals surface area contributed by atoms with Gasteiger partial charge >= 0.3 is 0 Å². The average molecular weight is 645 g/mol. The molecular weight excluding hydrogens is 608 g/mol. The molecule has 1 aromatic heterocycles. The Hall–Kier alpha value is -4.78. The molecule has 1 aliphatic rings. The van der Waals surface area contributed by atoms with Crippen molar-refractivity contribution in [3.8, 4) is 11.5 Å². The third kappa shape index (κ3) is 8.27. The lowest BCUT2D eigenvalue weighted by molar-refractivity contribution is -0.143. The molecule has 1 N–H and O–H groups in total. The van der Waals surface area contributed by atoms with Gasteiger partial charge in [0.2, 0.25) is 15.9 Å². The normalized spacial score (nSPS) is 14.2. The fourth-order valence-corrected chi connectivity index (χ4v) is 6.43. The molecule has 0 saturated carbocycles. The molecule has 0 unspecified atom stereocenters. The van der Waals surface area contributed by atoms with Gasteiger partial charge in [-0.3, -0.25) is 14.6 Å². The second-order valence-corrected chi connectivity index (χ2v) is 12.5. The van der Waals surface area contributed by atoms with Crippen LogP contribution in [0.25, 0.3) is 0 Å². The first kappa shape index (κ1) is 32.6. The number of methoxy groups -OCH3 is 1. The molecule has 240 valence electrons. The molecule has 1 fully saturated rings. The third-order valence-electron chi connectivity index (χ3n) is 7.52. The van der Waals surface area contributed by atoms with Crippen molar-refractivity contribution in [1.29, 1.82) is 0 Å². The van der Waals surface area contributed by atoms with Crippen molar-refractivity contribution < 1.29 is 32.2 Å². The molecule has 0 bridgehead atoms. The van der Waals surface area contributed by atoms with Crippen LogP contribution in [0, 0.1) is 0 Å². The molecule has 12 heteroatoms. The number of benzene rings is 3. The molecule has 2 amide bonds. The first-order chi connectivity index (χ1) is 22.3. The van der Waals surface area contributed by atoms with E-state index in [2.05, 4.69) is 10.3 Å². The smallest absolute Gasteiger partial charge is 0.261 e. The second kappa shape index (κ2) is 15.5. The largest absolute Gasteiger partial charge is 0.497 e. The van der Waals surface area contributed by atoms with Crippen LogP contribution in [0.15, 0.2) is 108 Å². The maximum atomic E-state index is 13.9. The number of morpholine rings is 1. The number of nitrogens with one attached hydrogen (secondary N) is 1. The van der Waals surface area contributed by atoms with Gasteiger partial charge in [-0.1, -0.05) is 42.5 Å². The number of rotatable bonds is 13. The van der Waals surface area contributed by atoms with Crippen LogP contribution < -0.4 is 14.8 Å². The molecule has 0 aliphatic carbocycles. The fourth-order valence-electron chi connectivity index (χ4n) is 5.02. The minimum Gasteiger partial charge on any atom is -0.497 e. The molecule has 1 aliphatic heterocycles. The van der Waals surface area contributed by atoms with Gasteiger partial charge in [-0.15, -0.1) is 0 Å². The lowest BCUT2D eigenvalue weighted by Crippen LogP contribution is -2.45. The molecule has 0 radical (unpaired) electrons. The average Bonchev–Trinajstić information content (AvgIpc) is 3.11. The summed E-state index contributed by atoms with van der Waals surface area (Å²) in [5.74, 6) is 0.187. The summed E-state index contributed by atoms with van der Waals surface area (Å²) in [4.78, 5) is 33.4. The minimum absolute atomic E-state index is 0.116. The van der Waals surface area contributed by atoms with Crippen LogP contribution in [0.4, 0.5) is 0 Å². The highest BCUT2D eigenvalue weighted by Crippen LogP contribution is 2.26. The number of amides is 2. The number of hydrogen-bond acceptors (Lipinski definition) is 8. The highest BCUT2D eigenvalue weighted by atomic mass is 32.2. The first-order valence-corrected chi connectivity index (χ1v) is 16.2. The van der Waals surface area contributed by atoms with Gasteiger partial charge in [-0.2, -0.15) is 4.31 Å². The van der Waals surface area contributed by atoms with Crippen LogP contribution in [0.3, 0.4) is 0 Å². The lowest BCUT2D eigenvalue weighted by atomic mass is 10.0. The van der Waals surface area contributed by atoms with Gasteiger partial charge in [-0.05, 0) is 65.2 Å². The van der Waals surface area contributed by atoms with E-state index in [0.29, 0.717) is 30.3 Å². The van der Waals surface area contributed by atoms with Crippen molar-refractivity contribution in [2.75, 3.05) is 40.0 Å². The summed E-state index contributed by atoms with van der Waals surface area (Å²) in [6.07, 6.45) is 3.30. The SMILES string of the molecule is COc1ccc(CN(C(=O)COc2ccc(S(=O)(=O)N3CCOCC3)cc2)[C@H](C(=O)NCc2ccncc2)c2ccccc2)cc1. The zero-order valence-electron chi connectivity index (χ0n) is 25.4. The lowest BCUT2D eigenvalue weighted by Gasteiger charge is -2.31. The van der Waals surface area contributed by atoms with Gasteiger partial charge in [-0.25, -0.2) is 8.42 Å². The summed E-state index contributed by atoms with van der Waals surface area (Å²) < 4.78 is 43.8. The Balaban J connectivity index is 1.37. The van der Waals surface area contributed by atoms with Crippen molar-refractivity contribution in [2.24, 2.45) is 0 Å². The number of nitrogens with zero attached hydrogens (tertiary/aromatic N) is 3. The maximum absolute atomic E-state index is 13.9. The van der Waals surface area contributed by atoms with E-state index in [4.69, 9.17) is 14.2 Å². The third-order valence-corrected chi connectivity index (χ3v) is 9.43. The molecule has 46 heavy (non-hydrogen) atoms. The fraction of sp³-hybridized carbons (Fsp3) is 0.265. The topological polar surface area (TPSA) is 127 Å². The van der Waals surface area contributed by atoms with E-state index in [1.54, 1.807) is 43.8 Å². The van der Waals surface area contributed by atoms with Crippen LogP contribution >= 0.6 is 0 Å². The van der Waals surface area contributed by atoms with Gasteiger partial charge < -0.3 is 24.4 Å². The second-order valence-electron chi connectivity index (χ2n) is 10.5. The number of sulfonamides is 1. The maximum Gasteiger partial charge on any atom is 0.261 e.